The second-order valence-corrected chi connectivity index (χ2v) is 7.75. The summed E-state index contributed by atoms with van der Waals surface area (Å²) in [4.78, 5) is 25.2. The Bertz CT molecular complexity index is 1530. The lowest BCUT2D eigenvalue weighted by molar-refractivity contribution is 0.0922. The molecule has 0 saturated carbocycles. The zero-order valence-corrected chi connectivity index (χ0v) is 17.8. The minimum atomic E-state index is -0.434. The van der Waals surface area contributed by atoms with Crippen molar-refractivity contribution in [3.63, 3.8) is 0 Å². The largest absolute Gasteiger partial charge is 0.485 e. The molecule has 32 heavy (non-hydrogen) atoms. The van der Waals surface area contributed by atoms with Crippen LogP contribution in [-0.4, -0.2) is 17.0 Å². The number of carbonyl (C=O) groups excluding carboxylic acids is 1. The van der Waals surface area contributed by atoms with E-state index in [4.69, 9.17) is 9.15 Å². The Morgan fingerprint density at radius 3 is 2.50 bits per heavy atom. The molecule has 2 aromatic heterocycles. The third-order valence-electron chi connectivity index (χ3n) is 5.85. The number of rotatable bonds is 5. The molecule has 158 valence electrons. The smallest absolute Gasteiger partial charge is 0.336 e. The van der Waals surface area contributed by atoms with Crippen LogP contribution < -0.4 is 10.4 Å². The van der Waals surface area contributed by atoms with Gasteiger partial charge >= 0.3 is 5.63 Å². The molecule has 5 rings (SSSR count). The van der Waals surface area contributed by atoms with Crippen LogP contribution in [0.5, 0.6) is 5.75 Å². The number of aromatic nitrogens is 1. The Morgan fingerprint density at radius 1 is 0.938 bits per heavy atom. The molecule has 0 unspecified atom stereocenters. The highest BCUT2D eigenvalue weighted by Crippen LogP contribution is 2.30. The second-order valence-electron chi connectivity index (χ2n) is 7.75. The normalized spacial score (nSPS) is 11.2. The quantitative estimate of drug-likeness (QED) is 0.276. The van der Waals surface area contributed by atoms with E-state index in [0.717, 1.165) is 33.1 Å². The monoisotopic (exact) mass is 423 g/mol. The lowest BCUT2D eigenvalue weighted by atomic mass is 10.0. The van der Waals surface area contributed by atoms with E-state index < -0.39 is 5.63 Å². The topological polar surface area (TPSA) is 61.4 Å². The van der Waals surface area contributed by atoms with E-state index in [1.807, 2.05) is 79.2 Å². The van der Waals surface area contributed by atoms with Gasteiger partial charge in [0.15, 0.2) is 6.61 Å². The number of hydrogen-bond acceptors (Lipinski definition) is 4. The zero-order valence-electron chi connectivity index (χ0n) is 17.8. The van der Waals surface area contributed by atoms with Gasteiger partial charge in [0.05, 0.1) is 0 Å². The first kappa shape index (κ1) is 19.8. The van der Waals surface area contributed by atoms with Crippen molar-refractivity contribution in [3.05, 3.63) is 101 Å². The van der Waals surface area contributed by atoms with Crippen LogP contribution in [0.2, 0.25) is 0 Å². The Labute approximate surface area is 184 Å². The van der Waals surface area contributed by atoms with E-state index in [1.165, 1.54) is 6.07 Å². The Hall–Kier alpha value is -4.12. The summed E-state index contributed by atoms with van der Waals surface area (Å²) in [7, 11) is 1.95. The van der Waals surface area contributed by atoms with Crippen LogP contribution in [0, 0.1) is 6.92 Å². The van der Waals surface area contributed by atoms with Crippen LogP contribution in [0.15, 0.2) is 88.1 Å². The number of ketones is 1. The van der Waals surface area contributed by atoms with Gasteiger partial charge < -0.3 is 13.7 Å². The van der Waals surface area contributed by atoms with E-state index in [-0.39, 0.29) is 12.4 Å². The molecule has 0 atom stereocenters. The van der Waals surface area contributed by atoms with E-state index in [0.29, 0.717) is 16.9 Å². The number of fused-ring (bicyclic) bond motifs is 2. The molecule has 0 aliphatic rings. The molecule has 0 radical (unpaired) electrons. The molecule has 3 aromatic carbocycles. The number of aryl methyl sites for hydroxylation is 1. The lowest BCUT2D eigenvalue weighted by Crippen LogP contribution is -2.13. The van der Waals surface area contributed by atoms with Crippen LogP contribution in [0.4, 0.5) is 0 Å². The molecule has 2 heterocycles. The van der Waals surface area contributed by atoms with E-state index in [9.17, 15) is 9.59 Å². The average Bonchev–Trinajstić information content (AvgIpc) is 3.07. The number of carbonyl (C=O) groups is 1. The number of para-hydroxylation sites is 1. The molecule has 0 aliphatic carbocycles. The van der Waals surface area contributed by atoms with Crippen LogP contribution in [0.3, 0.4) is 0 Å². The molecule has 5 aromatic rings. The molecule has 5 nitrogen and oxygen atoms in total. The van der Waals surface area contributed by atoms with Gasteiger partial charge in [-0.25, -0.2) is 4.79 Å². The number of ether oxygens (including phenoxy) is 1. The molecule has 0 spiro atoms. The highest BCUT2D eigenvalue weighted by molar-refractivity contribution is 6.10. The van der Waals surface area contributed by atoms with Crippen LogP contribution in [0.1, 0.15) is 16.1 Å². The van der Waals surface area contributed by atoms with Crippen molar-refractivity contribution in [1.82, 2.24) is 4.57 Å². The summed E-state index contributed by atoms with van der Waals surface area (Å²) < 4.78 is 13.2. The average molecular weight is 423 g/mol. The molecule has 0 saturated heterocycles. The highest BCUT2D eigenvalue weighted by Gasteiger charge is 2.19. The minimum absolute atomic E-state index is 0.0983. The summed E-state index contributed by atoms with van der Waals surface area (Å²) in [6.07, 6.45) is 0. The first-order valence-electron chi connectivity index (χ1n) is 10.4. The fourth-order valence-electron chi connectivity index (χ4n) is 4.18. The summed E-state index contributed by atoms with van der Waals surface area (Å²) in [6, 6.07) is 24.3. The third kappa shape index (κ3) is 3.38. The Morgan fingerprint density at radius 2 is 1.69 bits per heavy atom. The van der Waals surface area contributed by atoms with Gasteiger partial charge in [0, 0.05) is 46.7 Å². The van der Waals surface area contributed by atoms with Gasteiger partial charge in [-0.3, -0.25) is 4.79 Å². The Kier molecular flexibility index (Phi) is 4.86. The van der Waals surface area contributed by atoms with Crippen molar-refractivity contribution in [2.75, 3.05) is 6.61 Å². The SMILES string of the molecule is Cc1c(C(=O)COc2ccc3c(-c4ccccc4)cc(=O)oc3c2)c2ccccc2n1C. The van der Waals surface area contributed by atoms with Gasteiger partial charge in [0.1, 0.15) is 11.3 Å². The van der Waals surface area contributed by atoms with Crippen molar-refractivity contribution in [2.24, 2.45) is 7.05 Å². The number of nitrogens with zero attached hydrogens (tertiary/aromatic N) is 1. The number of benzene rings is 3. The maximum absolute atomic E-state index is 13.0. The molecular formula is C27H21NO4. The maximum Gasteiger partial charge on any atom is 0.336 e. The molecule has 0 amide bonds. The lowest BCUT2D eigenvalue weighted by Gasteiger charge is -2.09. The summed E-state index contributed by atoms with van der Waals surface area (Å²) in [5, 5.41) is 1.72. The molecule has 0 aliphatic heterocycles. The highest BCUT2D eigenvalue weighted by atomic mass is 16.5. The van der Waals surface area contributed by atoms with Gasteiger partial charge in [0.25, 0.3) is 0 Å². The van der Waals surface area contributed by atoms with Gasteiger partial charge in [-0.1, -0.05) is 48.5 Å². The standard InChI is InChI=1S/C27H21NO4/c1-17-27(21-10-6-7-11-23(21)28(17)2)24(29)16-31-19-12-13-20-22(18-8-4-3-5-9-18)15-26(30)32-25(20)14-19/h3-15H,16H2,1-2H3. The van der Waals surface area contributed by atoms with E-state index in [2.05, 4.69) is 0 Å². The predicted octanol–water partition coefficient (Wildman–Crippen LogP) is 5.52. The minimum Gasteiger partial charge on any atom is -0.485 e. The van der Waals surface area contributed by atoms with Crippen molar-refractivity contribution >= 4 is 27.7 Å². The molecule has 0 N–H and O–H groups in total. The van der Waals surface area contributed by atoms with E-state index in [1.54, 1.807) is 12.1 Å². The van der Waals surface area contributed by atoms with Gasteiger partial charge in [-0.15, -0.1) is 0 Å². The van der Waals surface area contributed by atoms with E-state index >= 15 is 0 Å². The summed E-state index contributed by atoms with van der Waals surface area (Å²) >= 11 is 0. The fourth-order valence-corrected chi connectivity index (χ4v) is 4.18. The summed E-state index contributed by atoms with van der Waals surface area (Å²) in [5.41, 5.74) is 4.29. The van der Waals surface area contributed by atoms with Crippen LogP contribution in [0.25, 0.3) is 33.0 Å². The third-order valence-corrected chi connectivity index (χ3v) is 5.85. The molecule has 0 fully saturated rings. The maximum atomic E-state index is 13.0. The molecular weight excluding hydrogens is 402 g/mol. The Balaban J connectivity index is 1.45. The first-order chi connectivity index (χ1) is 15.5. The molecule has 0 bridgehead atoms. The van der Waals surface area contributed by atoms with Crippen LogP contribution in [-0.2, 0) is 7.05 Å². The van der Waals surface area contributed by atoms with Gasteiger partial charge in [0.2, 0.25) is 5.78 Å². The molecule has 5 heteroatoms. The second kappa shape index (κ2) is 7.85. The fraction of sp³-hybridized carbons (Fsp3) is 0.111. The summed E-state index contributed by atoms with van der Waals surface area (Å²) in [6.45, 7) is 1.83. The summed E-state index contributed by atoms with van der Waals surface area (Å²) in [5.74, 6) is 0.371. The predicted molar refractivity (Wildman–Crippen MR) is 125 cm³/mol. The first-order valence-corrected chi connectivity index (χ1v) is 10.4. The number of hydrogen-bond donors (Lipinski definition) is 0. The van der Waals surface area contributed by atoms with Crippen molar-refractivity contribution in [2.45, 2.75) is 6.92 Å². The van der Waals surface area contributed by atoms with Gasteiger partial charge in [-0.2, -0.15) is 0 Å². The van der Waals surface area contributed by atoms with Crippen molar-refractivity contribution in [1.29, 1.82) is 0 Å². The zero-order chi connectivity index (χ0) is 22.2. The van der Waals surface area contributed by atoms with Gasteiger partial charge in [-0.05, 0) is 36.2 Å². The van der Waals surface area contributed by atoms with Crippen molar-refractivity contribution in [3.8, 4) is 16.9 Å². The van der Waals surface area contributed by atoms with Crippen molar-refractivity contribution < 1.29 is 13.9 Å². The number of Topliss-reactive ketones (excluding diaryl/α,β-unsaturated/α-hetero) is 1. The van der Waals surface area contributed by atoms with Crippen LogP contribution >= 0.6 is 0 Å².